The van der Waals surface area contributed by atoms with Crippen LogP contribution >= 0.6 is 0 Å². The zero-order chi connectivity index (χ0) is 14.7. The van der Waals surface area contributed by atoms with Gasteiger partial charge in [-0.3, -0.25) is 4.79 Å². The van der Waals surface area contributed by atoms with Crippen molar-refractivity contribution in [1.82, 2.24) is 24.9 Å². The van der Waals surface area contributed by atoms with Crippen LogP contribution in [0.1, 0.15) is 16.1 Å². The lowest BCUT2D eigenvalue weighted by Gasteiger charge is -2.06. The van der Waals surface area contributed by atoms with Gasteiger partial charge in [-0.1, -0.05) is 0 Å². The van der Waals surface area contributed by atoms with Gasteiger partial charge < -0.3 is 10.1 Å². The van der Waals surface area contributed by atoms with E-state index in [4.69, 9.17) is 4.74 Å². The molecule has 0 fully saturated rings. The second-order valence-electron chi connectivity index (χ2n) is 4.34. The predicted molar refractivity (Wildman–Crippen MR) is 74.9 cm³/mol. The molecule has 21 heavy (non-hydrogen) atoms. The second kappa shape index (κ2) is 5.58. The summed E-state index contributed by atoms with van der Waals surface area (Å²) >= 11 is 0. The minimum Gasteiger partial charge on any atom is -0.481 e. The van der Waals surface area contributed by atoms with E-state index in [-0.39, 0.29) is 5.91 Å². The Bertz CT molecular complexity index is 784. The molecular weight excluding hydrogens is 270 g/mol. The number of amides is 1. The second-order valence-corrected chi connectivity index (χ2v) is 4.34. The monoisotopic (exact) mass is 283 g/mol. The highest BCUT2D eigenvalue weighted by atomic mass is 16.5. The zero-order valence-corrected chi connectivity index (χ0v) is 11.4. The number of imidazole rings is 1. The number of carbonyl (C=O) groups is 1. The summed E-state index contributed by atoms with van der Waals surface area (Å²) in [7, 11) is 1.55. The van der Waals surface area contributed by atoms with Gasteiger partial charge in [-0.2, -0.15) is 5.10 Å². The first-order valence-electron chi connectivity index (χ1n) is 6.34. The van der Waals surface area contributed by atoms with Gasteiger partial charge in [0.2, 0.25) is 5.88 Å². The summed E-state index contributed by atoms with van der Waals surface area (Å²) < 4.78 is 6.60. The van der Waals surface area contributed by atoms with Gasteiger partial charge in [0.25, 0.3) is 5.91 Å². The molecule has 1 amide bonds. The lowest BCUT2D eigenvalue weighted by Crippen LogP contribution is -2.24. The van der Waals surface area contributed by atoms with E-state index in [2.05, 4.69) is 20.4 Å². The number of fused-ring (bicyclic) bond motifs is 1. The Hall–Kier alpha value is -2.96. The largest absolute Gasteiger partial charge is 0.481 e. The molecular formula is C14H13N5O2. The van der Waals surface area contributed by atoms with Gasteiger partial charge in [-0.05, 0) is 23.8 Å². The van der Waals surface area contributed by atoms with Crippen LogP contribution in [0.5, 0.6) is 5.88 Å². The van der Waals surface area contributed by atoms with E-state index >= 15 is 0 Å². The molecule has 1 N–H and O–H groups in total. The summed E-state index contributed by atoms with van der Waals surface area (Å²) in [6.07, 6.45) is 4.96. The molecule has 0 saturated carbocycles. The van der Waals surface area contributed by atoms with Crippen LogP contribution in [0.15, 0.2) is 42.9 Å². The molecule has 3 aromatic rings. The number of methoxy groups -OCH3 is 1. The number of carbonyl (C=O) groups excluding carboxylic acids is 1. The standard InChI is InChI=1S/C14H13N5O2/c1-21-13-8-10(4-5-16-13)9-17-14(20)11-2-3-12-15-6-7-19(12)18-11/h2-8H,9H2,1H3,(H,17,20). The van der Waals surface area contributed by atoms with Crippen molar-refractivity contribution in [2.45, 2.75) is 6.54 Å². The van der Waals surface area contributed by atoms with Crippen molar-refractivity contribution < 1.29 is 9.53 Å². The molecule has 0 unspecified atom stereocenters. The third kappa shape index (κ3) is 2.81. The van der Waals surface area contributed by atoms with Crippen molar-refractivity contribution in [3.63, 3.8) is 0 Å². The number of ether oxygens (including phenoxy) is 1. The normalized spacial score (nSPS) is 10.5. The first-order chi connectivity index (χ1) is 10.3. The van der Waals surface area contributed by atoms with Gasteiger partial charge in [0.15, 0.2) is 5.65 Å². The molecule has 0 radical (unpaired) electrons. The number of rotatable bonds is 4. The highest BCUT2D eigenvalue weighted by Crippen LogP contribution is 2.08. The minimum atomic E-state index is -0.249. The molecule has 0 aromatic carbocycles. The quantitative estimate of drug-likeness (QED) is 0.774. The van der Waals surface area contributed by atoms with Crippen molar-refractivity contribution >= 4 is 11.6 Å². The topological polar surface area (TPSA) is 81.4 Å². The summed E-state index contributed by atoms with van der Waals surface area (Å²) in [6, 6.07) is 6.98. The number of hydrogen-bond acceptors (Lipinski definition) is 5. The molecule has 3 rings (SSSR count). The van der Waals surface area contributed by atoms with Crippen LogP contribution < -0.4 is 10.1 Å². The summed E-state index contributed by atoms with van der Waals surface area (Å²) in [4.78, 5) is 20.2. The fourth-order valence-corrected chi connectivity index (χ4v) is 1.88. The molecule has 0 bridgehead atoms. The lowest BCUT2D eigenvalue weighted by molar-refractivity contribution is 0.0944. The maximum absolute atomic E-state index is 12.1. The molecule has 0 saturated heterocycles. The molecule has 0 aliphatic heterocycles. The molecule has 3 aromatic heterocycles. The van der Waals surface area contributed by atoms with Crippen LogP contribution in [0.2, 0.25) is 0 Å². The van der Waals surface area contributed by atoms with Crippen molar-refractivity contribution in [2.75, 3.05) is 7.11 Å². The van der Waals surface area contributed by atoms with Crippen molar-refractivity contribution in [2.24, 2.45) is 0 Å². The van der Waals surface area contributed by atoms with Crippen molar-refractivity contribution in [1.29, 1.82) is 0 Å². The molecule has 3 heterocycles. The Morgan fingerprint density at radius 1 is 1.29 bits per heavy atom. The number of hydrogen-bond donors (Lipinski definition) is 1. The first-order valence-corrected chi connectivity index (χ1v) is 6.34. The number of aromatic nitrogens is 4. The summed E-state index contributed by atoms with van der Waals surface area (Å²) in [5, 5.41) is 6.99. The maximum atomic E-state index is 12.1. The summed E-state index contributed by atoms with van der Waals surface area (Å²) in [5.41, 5.74) is 1.94. The van der Waals surface area contributed by atoms with E-state index in [1.807, 2.05) is 6.07 Å². The Morgan fingerprint density at radius 2 is 2.19 bits per heavy atom. The van der Waals surface area contributed by atoms with Crippen molar-refractivity contribution in [3.8, 4) is 5.88 Å². The maximum Gasteiger partial charge on any atom is 0.272 e. The number of nitrogens with one attached hydrogen (secondary N) is 1. The van der Waals surface area contributed by atoms with Crippen LogP contribution in [-0.4, -0.2) is 32.6 Å². The third-order valence-electron chi connectivity index (χ3n) is 2.95. The molecule has 7 nitrogen and oxygen atoms in total. The van der Waals surface area contributed by atoms with Crippen LogP contribution in [-0.2, 0) is 6.54 Å². The van der Waals surface area contributed by atoms with Gasteiger partial charge in [-0.25, -0.2) is 14.5 Å². The average Bonchev–Trinajstić information content (AvgIpc) is 3.00. The molecule has 106 valence electrons. The smallest absolute Gasteiger partial charge is 0.272 e. The Labute approximate surface area is 120 Å². The van der Waals surface area contributed by atoms with Crippen LogP contribution in [0.25, 0.3) is 5.65 Å². The molecule has 0 spiro atoms. The number of nitrogens with zero attached hydrogens (tertiary/aromatic N) is 4. The van der Waals surface area contributed by atoms with E-state index in [1.54, 1.807) is 48.4 Å². The predicted octanol–water partition coefficient (Wildman–Crippen LogP) is 1.06. The average molecular weight is 283 g/mol. The van der Waals surface area contributed by atoms with Crippen molar-refractivity contribution in [3.05, 3.63) is 54.1 Å². The summed E-state index contributed by atoms with van der Waals surface area (Å²) in [5.74, 6) is 0.265. The third-order valence-corrected chi connectivity index (χ3v) is 2.95. The summed E-state index contributed by atoms with van der Waals surface area (Å²) in [6.45, 7) is 0.376. The lowest BCUT2D eigenvalue weighted by atomic mass is 10.2. The molecule has 7 heteroatoms. The Morgan fingerprint density at radius 3 is 3.05 bits per heavy atom. The van der Waals surface area contributed by atoms with Gasteiger partial charge in [0, 0.05) is 31.2 Å². The SMILES string of the molecule is COc1cc(CNC(=O)c2ccc3nccn3n2)ccn1. The van der Waals surface area contributed by atoms with Crippen LogP contribution in [0, 0.1) is 0 Å². The Balaban J connectivity index is 1.70. The zero-order valence-electron chi connectivity index (χ0n) is 11.4. The van der Waals surface area contributed by atoms with Gasteiger partial charge in [0.05, 0.1) is 7.11 Å². The van der Waals surface area contributed by atoms with E-state index in [0.29, 0.717) is 23.8 Å². The van der Waals surface area contributed by atoms with E-state index in [0.717, 1.165) is 5.56 Å². The van der Waals surface area contributed by atoms with Gasteiger partial charge in [0.1, 0.15) is 5.69 Å². The minimum absolute atomic E-state index is 0.249. The van der Waals surface area contributed by atoms with Crippen LogP contribution in [0.4, 0.5) is 0 Å². The Kier molecular flexibility index (Phi) is 3.46. The molecule has 0 aliphatic carbocycles. The fourth-order valence-electron chi connectivity index (χ4n) is 1.88. The van der Waals surface area contributed by atoms with E-state index < -0.39 is 0 Å². The van der Waals surface area contributed by atoms with Gasteiger partial charge >= 0.3 is 0 Å². The molecule has 0 aliphatic rings. The van der Waals surface area contributed by atoms with Gasteiger partial charge in [-0.15, -0.1) is 0 Å². The number of pyridine rings is 1. The van der Waals surface area contributed by atoms with E-state index in [1.165, 1.54) is 0 Å². The fraction of sp³-hybridized carbons (Fsp3) is 0.143. The highest BCUT2D eigenvalue weighted by molar-refractivity contribution is 5.92. The van der Waals surface area contributed by atoms with E-state index in [9.17, 15) is 4.79 Å². The molecule has 0 atom stereocenters. The van der Waals surface area contributed by atoms with Crippen LogP contribution in [0.3, 0.4) is 0 Å². The highest BCUT2D eigenvalue weighted by Gasteiger charge is 2.08. The first kappa shape index (κ1) is 13.0.